The normalized spacial score (nSPS) is 37.6. The Balaban J connectivity index is 1.77. The zero-order valence-corrected chi connectivity index (χ0v) is 10.9. The van der Waals surface area contributed by atoms with Crippen molar-refractivity contribution in [2.24, 2.45) is 0 Å². The number of nitrogens with one attached hydrogen (secondary N) is 1. The predicted molar refractivity (Wildman–Crippen MR) is 66.9 cm³/mol. The van der Waals surface area contributed by atoms with Crippen molar-refractivity contribution in [3.63, 3.8) is 0 Å². The highest BCUT2D eigenvalue weighted by Gasteiger charge is 2.43. The fourth-order valence-electron chi connectivity index (χ4n) is 3.70. The summed E-state index contributed by atoms with van der Waals surface area (Å²) in [4.78, 5) is 28.2. The van der Waals surface area contributed by atoms with Crippen molar-refractivity contribution in [1.29, 1.82) is 0 Å². The molecule has 0 aromatic heterocycles. The lowest BCUT2D eigenvalue weighted by Crippen LogP contribution is -2.61. The van der Waals surface area contributed by atoms with Crippen molar-refractivity contribution >= 4 is 11.8 Å². The van der Waals surface area contributed by atoms with Gasteiger partial charge in [-0.15, -0.1) is 0 Å². The molecule has 0 aliphatic carbocycles. The van der Waals surface area contributed by atoms with Crippen LogP contribution >= 0.6 is 0 Å². The summed E-state index contributed by atoms with van der Waals surface area (Å²) in [6.45, 7) is 4.26. The molecule has 3 aliphatic heterocycles. The molecule has 5 nitrogen and oxygen atoms in total. The van der Waals surface area contributed by atoms with E-state index in [1.165, 1.54) is 19.3 Å². The zero-order valence-electron chi connectivity index (χ0n) is 10.9. The summed E-state index contributed by atoms with van der Waals surface area (Å²) in [5.74, 6) is 0.0726. The third kappa shape index (κ3) is 1.90. The number of carbonyl (C=O) groups is 2. The van der Waals surface area contributed by atoms with E-state index in [1.807, 2.05) is 4.90 Å². The Morgan fingerprint density at radius 1 is 1.11 bits per heavy atom. The first kappa shape index (κ1) is 12.0. The summed E-state index contributed by atoms with van der Waals surface area (Å²) in [5.41, 5.74) is 0. The van der Waals surface area contributed by atoms with Crippen LogP contribution in [0.1, 0.15) is 32.6 Å². The molecule has 0 bridgehead atoms. The van der Waals surface area contributed by atoms with E-state index in [9.17, 15) is 9.59 Å². The SMILES string of the molecule is CC1NC(=O)CN(C2CCN3CCCCC23)C1=O. The lowest BCUT2D eigenvalue weighted by Gasteiger charge is -2.40. The van der Waals surface area contributed by atoms with Crippen molar-refractivity contribution in [1.82, 2.24) is 15.1 Å². The minimum Gasteiger partial charge on any atom is -0.343 e. The van der Waals surface area contributed by atoms with Crippen molar-refractivity contribution in [3.05, 3.63) is 0 Å². The summed E-state index contributed by atoms with van der Waals surface area (Å²) < 4.78 is 0. The Morgan fingerprint density at radius 3 is 2.78 bits per heavy atom. The number of carbonyl (C=O) groups excluding carboxylic acids is 2. The Hall–Kier alpha value is -1.10. The molecule has 1 N–H and O–H groups in total. The van der Waals surface area contributed by atoms with Crippen LogP contribution in [0.15, 0.2) is 0 Å². The zero-order chi connectivity index (χ0) is 12.7. The monoisotopic (exact) mass is 251 g/mol. The van der Waals surface area contributed by atoms with Gasteiger partial charge in [-0.3, -0.25) is 14.5 Å². The van der Waals surface area contributed by atoms with E-state index in [-0.39, 0.29) is 30.4 Å². The molecule has 3 saturated heterocycles. The van der Waals surface area contributed by atoms with Gasteiger partial charge in [0.1, 0.15) is 6.04 Å². The fraction of sp³-hybridized carbons (Fsp3) is 0.846. The van der Waals surface area contributed by atoms with Gasteiger partial charge in [0.05, 0.1) is 6.54 Å². The maximum absolute atomic E-state index is 12.2. The fourth-order valence-corrected chi connectivity index (χ4v) is 3.70. The Kier molecular flexibility index (Phi) is 3.01. The number of amides is 2. The van der Waals surface area contributed by atoms with Gasteiger partial charge in [0.2, 0.25) is 11.8 Å². The lowest BCUT2D eigenvalue weighted by atomic mass is 9.96. The largest absolute Gasteiger partial charge is 0.343 e. The van der Waals surface area contributed by atoms with Crippen molar-refractivity contribution in [2.45, 2.75) is 50.7 Å². The van der Waals surface area contributed by atoms with E-state index < -0.39 is 0 Å². The van der Waals surface area contributed by atoms with Crippen LogP contribution in [-0.4, -0.2) is 59.4 Å². The lowest BCUT2D eigenvalue weighted by molar-refractivity contribution is -0.146. The highest BCUT2D eigenvalue weighted by atomic mass is 16.2. The number of piperazine rings is 1. The molecule has 3 unspecified atom stereocenters. The minimum atomic E-state index is -0.358. The van der Waals surface area contributed by atoms with Crippen LogP contribution in [0.25, 0.3) is 0 Å². The van der Waals surface area contributed by atoms with Crippen LogP contribution in [0.4, 0.5) is 0 Å². The van der Waals surface area contributed by atoms with Crippen LogP contribution in [0, 0.1) is 0 Å². The molecule has 3 atom stereocenters. The molecule has 3 fully saturated rings. The molecule has 18 heavy (non-hydrogen) atoms. The third-order valence-electron chi connectivity index (χ3n) is 4.57. The smallest absolute Gasteiger partial charge is 0.245 e. The second kappa shape index (κ2) is 4.53. The Labute approximate surface area is 107 Å². The summed E-state index contributed by atoms with van der Waals surface area (Å²) >= 11 is 0. The number of piperidine rings is 1. The van der Waals surface area contributed by atoms with E-state index >= 15 is 0 Å². The molecular formula is C13H21N3O2. The first-order valence-corrected chi connectivity index (χ1v) is 7.01. The molecular weight excluding hydrogens is 230 g/mol. The van der Waals surface area contributed by atoms with Crippen LogP contribution in [0.5, 0.6) is 0 Å². The maximum Gasteiger partial charge on any atom is 0.245 e. The predicted octanol–water partition coefficient (Wildman–Crippen LogP) is -0.0399. The Bertz CT molecular complexity index is 371. The molecule has 0 radical (unpaired) electrons. The molecule has 3 aliphatic rings. The number of hydrogen-bond acceptors (Lipinski definition) is 3. The molecule has 100 valence electrons. The average molecular weight is 251 g/mol. The van der Waals surface area contributed by atoms with Gasteiger partial charge in [-0.2, -0.15) is 0 Å². The maximum atomic E-state index is 12.2. The molecule has 2 amide bonds. The molecule has 3 heterocycles. The van der Waals surface area contributed by atoms with Gasteiger partial charge in [-0.1, -0.05) is 6.42 Å². The number of hydrogen-bond donors (Lipinski definition) is 1. The van der Waals surface area contributed by atoms with Crippen LogP contribution in [0.3, 0.4) is 0 Å². The standard InChI is InChI=1S/C13H21N3O2/c1-9-13(18)16(8-12(17)14-9)11-5-7-15-6-3-2-4-10(11)15/h9-11H,2-8H2,1H3,(H,14,17). The molecule has 0 saturated carbocycles. The third-order valence-corrected chi connectivity index (χ3v) is 4.57. The number of fused-ring (bicyclic) bond motifs is 1. The van der Waals surface area contributed by atoms with E-state index in [2.05, 4.69) is 10.2 Å². The summed E-state index contributed by atoms with van der Waals surface area (Å²) in [6.07, 6.45) is 4.72. The van der Waals surface area contributed by atoms with E-state index in [4.69, 9.17) is 0 Å². The van der Waals surface area contributed by atoms with E-state index in [0.717, 1.165) is 19.5 Å². The average Bonchev–Trinajstić information content (AvgIpc) is 2.77. The first-order chi connectivity index (χ1) is 8.66. The minimum absolute atomic E-state index is 0.0173. The molecule has 0 spiro atoms. The number of nitrogens with zero attached hydrogens (tertiary/aromatic N) is 2. The van der Waals surface area contributed by atoms with E-state index in [1.54, 1.807) is 6.92 Å². The molecule has 3 rings (SSSR count). The van der Waals surface area contributed by atoms with Gasteiger partial charge in [0, 0.05) is 18.6 Å². The van der Waals surface area contributed by atoms with Gasteiger partial charge >= 0.3 is 0 Å². The Morgan fingerprint density at radius 2 is 1.94 bits per heavy atom. The van der Waals surface area contributed by atoms with Crippen LogP contribution < -0.4 is 5.32 Å². The summed E-state index contributed by atoms with van der Waals surface area (Å²) in [5, 5.41) is 2.71. The second-order valence-electron chi connectivity index (χ2n) is 5.71. The molecule has 0 aromatic carbocycles. The second-order valence-corrected chi connectivity index (χ2v) is 5.71. The topological polar surface area (TPSA) is 52.7 Å². The molecule has 5 heteroatoms. The first-order valence-electron chi connectivity index (χ1n) is 7.01. The van der Waals surface area contributed by atoms with Gasteiger partial charge in [-0.05, 0) is 32.7 Å². The summed E-state index contributed by atoms with van der Waals surface area (Å²) in [7, 11) is 0. The van der Waals surface area contributed by atoms with Crippen LogP contribution in [-0.2, 0) is 9.59 Å². The van der Waals surface area contributed by atoms with E-state index in [0.29, 0.717) is 6.04 Å². The van der Waals surface area contributed by atoms with Crippen molar-refractivity contribution in [3.8, 4) is 0 Å². The van der Waals surface area contributed by atoms with Crippen LogP contribution in [0.2, 0.25) is 0 Å². The number of rotatable bonds is 1. The molecule has 0 aromatic rings. The van der Waals surface area contributed by atoms with Gasteiger partial charge < -0.3 is 10.2 Å². The summed E-state index contributed by atoms with van der Waals surface area (Å²) in [6, 6.07) is 0.385. The van der Waals surface area contributed by atoms with Crippen molar-refractivity contribution in [2.75, 3.05) is 19.6 Å². The quantitative estimate of drug-likeness (QED) is 0.711. The van der Waals surface area contributed by atoms with Gasteiger partial charge in [0.25, 0.3) is 0 Å². The van der Waals surface area contributed by atoms with Gasteiger partial charge in [0.15, 0.2) is 0 Å². The van der Waals surface area contributed by atoms with Crippen molar-refractivity contribution < 1.29 is 9.59 Å². The highest BCUT2D eigenvalue weighted by molar-refractivity contribution is 5.94. The van der Waals surface area contributed by atoms with Gasteiger partial charge in [-0.25, -0.2) is 0 Å². The highest BCUT2D eigenvalue weighted by Crippen LogP contribution is 2.31.